The zero-order valence-electron chi connectivity index (χ0n) is 16.2. The molecule has 1 aromatic carbocycles. The number of hydrogen-bond acceptors (Lipinski definition) is 3. The number of carbonyl (C=O) groups excluding carboxylic acids is 1. The zero-order valence-corrected chi connectivity index (χ0v) is 16.2. The number of amides is 1. The maximum Gasteiger partial charge on any atom is 0.270 e. The number of rotatable bonds is 6. The minimum absolute atomic E-state index is 0.0651. The average Bonchev–Trinajstić information content (AvgIpc) is 3.18. The number of hydrogen-bond donors (Lipinski definition) is 2. The van der Waals surface area contributed by atoms with Crippen LogP contribution in [-0.4, -0.2) is 33.4 Å². The van der Waals surface area contributed by atoms with Gasteiger partial charge in [-0.05, 0) is 62.1 Å². The summed E-state index contributed by atoms with van der Waals surface area (Å²) >= 11 is 0. The Morgan fingerprint density at radius 1 is 1.25 bits per heavy atom. The van der Waals surface area contributed by atoms with Crippen LogP contribution in [-0.2, 0) is 6.54 Å². The summed E-state index contributed by atoms with van der Waals surface area (Å²) in [6.07, 6.45) is 8.96. The van der Waals surface area contributed by atoms with Crippen LogP contribution in [0.1, 0.15) is 42.2 Å². The molecular weight excluding hydrogens is 348 g/mol. The number of para-hydroxylation sites is 1. The number of aromatic nitrogens is 2. The quantitative estimate of drug-likeness (QED) is 0.678. The summed E-state index contributed by atoms with van der Waals surface area (Å²) in [5.74, 6) is 0.0651. The molecule has 2 heterocycles. The molecule has 1 aliphatic rings. The second-order valence-corrected chi connectivity index (χ2v) is 7.22. The van der Waals surface area contributed by atoms with Gasteiger partial charge in [0, 0.05) is 42.1 Å². The number of nitrogens with zero attached hydrogens (tertiary/aromatic N) is 2. The molecule has 0 spiro atoms. The molecule has 5 nitrogen and oxygen atoms in total. The first-order chi connectivity index (χ1) is 13.7. The van der Waals surface area contributed by atoms with Gasteiger partial charge in [0.2, 0.25) is 0 Å². The van der Waals surface area contributed by atoms with Crippen molar-refractivity contribution >= 4 is 16.8 Å². The molecule has 1 atom stereocenters. The van der Waals surface area contributed by atoms with E-state index in [2.05, 4.69) is 21.4 Å². The lowest BCUT2D eigenvalue weighted by atomic mass is 9.98. The van der Waals surface area contributed by atoms with E-state index in [1.165, 1.54) is 11.3 Å². The number of aromatic amines is 1. The third-order valence-corrected chi connectivity index (χ3v) is 5.37. The van der Waals surface area contributed by atoms with E-state index < -0.39 is 0 Å². The average molecular weight is 374 g/mol. The molecule has 0 radical (unpaired) electrons. The Morgan fingerprint density at radius 2 is 2.07 bits per heavy atom. The van der Waals surface area contributed by atoms with Gasteiger partial charge in [0.05, 0.1) is 6.04 Å². The molecule has 0 aliphatic heterocycles. The van der Waals surface area contributed by atoms with Gasteiger partial charge in [-0.25, -0.2) is 0 Å². The first-order valence-electron chi connectivity index (χ1n) is 9.97. The largest absolute Gasteiger partial charge is 0.384 e. The van der Waals surface area contributed by atoms with Gasteiger partial charge in [0.1, 0.15) is 5.69 Å². The lowest BCUT2D eigenvalue weighted by molar-refractivity contribution is 0.0706. The molecular formula is C23H26N4O. The first kappa shape index (κ1) is 18.3. The Hall–Kier alpha value is -3.08. The molecule has 0 fully saturated rings. The fourth-order valence-electron chi connectivity index (χ4n) is 3.88. The van der Waals surface area contributed by atoms with Crippen LogP contribution < -0.4 is 5.32 Å². The molecule has 144 valence electrons. The minimum Gasteiger partial charge on any atom is -0.384 e. The van der Waals surface area contributed by atoms with Crippen molar-refractivity contribution in [2.75, 3.05) is 6.54 Å². The van der Waals surface area contributed by atoms with E-state index in [0.717, 1.165) is 36.7 Å². The first-order valence-corrected chi connectivity index (χ1v) is 9.97. The molecule has 2 aromatic heterocycles. The molecule has 0 bridgehead atoms. The van der Waals surface area contributed by atoms with E-state index in [0.29, 0.717) is 12.2 Å². The zero-order chi connectivity index (χ0) is 19.3. The number of likely N-dealkylation sites (N-methyl/N-ethyl adjacent to an activating group) is 1. The molecule has 5 heteroatoms. The lowest BCUT2D eigenvalue weighted by Crippen LogP contribution is -2.41. The molecule has 1 amide bonds. The third-order valence-electron chi connectivity index (χ3n) is 5.37. The minimum atomic E-state index is 0.0651. The van der Waals surface area contributed by atoms with Gasteiger partial charge in [-0.3, -0.25) is 9.78 Å². The van der Waals surface area contributed by atoms with Crippen molar-refractivity contribution in [2.45, 2.75) is 38.8 Å². The summed E-state index contributed by atoms with van der Waals surface area (Å²) < 4.78 is 0. The fourth-order valence-corrected chi connectivity index (χ4v) is 3.88. The van der Waals surface area contributed by atoms with Crippen LogP contribution in [0, 0.1) is 0 Å². The monoisotopic (exact) mass is 374 g/mol. The van der Waals surface area contributed by atoms with Gasteiger partial charge >= 0.3 is 0 Å². The summed E-state index contributed by atoms with van der Waals surface area (Å²) in [6.45, 7) is 3.52. The summed E-state index contributed by atoms with van der Waals surface area (Å²) in [7, 11) is 0. The van der Waals surface area contributed by atoms with Gasteiger partial charge in [-0.2, -0.15) is 0 Å². The molecule has 2 N–H and O–H groups in total. The highest BCUT2D eigenvalue weighted by Gasteiger charge is 2.25. The number of benzene rings is 1. The number of allylic oxidation sites excluding steroid dienone is 1. The summed E-state index contributed by atoms with van der Waals surface area (Å²) in [5.41, 5.74) is 4.09. The maximum absolute atomic E-state index is 13.2. The normalized spacial score (nSPS) is 16.6. The smallest absolute Gasteiger partial charge is 0.270 e. The molecule has 28 heavy (non-hydrogen) atoms. The molecule has 3 aromatic rings. The van der Waals surface area contributed by atoms with E-state index in [1.54, 1.807) is 0 Å². The van der Waals surface area contributed by atoms with Crippen LogP contribution in [0.2, 0.25) is 0 Å². The molecule has 4 rings (SSSR count). The van der Waals surface area contributed by atoms with Crippen LogP contribution in [0.5, 0.6) is 0 Å². The lowest BCUT2D eigenvalue weighted by Gasteiger charge is -2.32. The third kappa shape index (κ3) is 3.93. The Balaban J connectivity index is 1.49. The summed E-state index contributed by atoms with van der Waals surface area (Å²) in [6, 6.07) is 14.1. The molecule has 1 aliphatic carbocycles. The van der Waals surface area contributed by atoms with Crippen LogP contribution in [0.15, 0.2) is 66.6 Å². The van der Waals surface area contributed by atoms with Crippen molar-refractivity contribution in [1.82, 2.24) is 20.2 Å². The summed E-state index contributed by atoms with van der Waals surface area (Å²) in [5, 5.41) is 4.60. The van der Waals surface area contributed by atoms with Crippen LogP contribution >= 0.6 is 0 Å². The fraction of sp³-hybridized carbons (Fsp3) is 0.304. The van der Waals surface area contributed by atoms with Crippen molar-refractivity contribution in [3.8, 4) is 0 Å². The SMILES string of the molecule is CCN(C(=O)c1cc2ccccc2[nH]1)[C@@H]1C=C(NCc2ccncc2)CCC1. The Kier molecular flexibility index (Phi) is 5.42. The van der Waals surface area contributed by atoms with Gasteiger partial charge in [0.15, 0.2) is 0 Å². The Labute approximate surface area is 165 Å². The highest BCUT2D eigenvalue weighted by molar-refractivity contribution is 5.98. The number of fused-ring (bicyclic) bond motifs is 1. The Morgan fingerprint density at radius 3 is 2.86 bits per heavy atom. The second-order valence-electron chi connectivity index (χ2n) is 7.22. The van der Waals surface area contributed by atoms with E-state index in [4.69, 9.17) is 0 Å². The Bertz CT molecular complexity index is 943. The number of carbonyl (C=O) groups is 1. The van der Waals surface area contributed by atoms with Crippen molar-refractivity contribution < 1.29 is 4.79 Å². The van der Waals surface area contributed by atoms with Crippen LogP contribution in [0.25, 0.3) is 10.9 Å². The maximum atomic E-state index is 13.2. The van der Waals surface area contributed by atoms with Crippen LogP contribution in [0.3, 0.4) is 0 Å². The molecule has 0 saturated carbocycles. The van der Waals surface area contributed by atoms with Crippen molar-refractivity contribution in [1.29, 1.82) is 0 Å². The standard InChI is InChI=1S/C23H26N4O/c1-2-27(23(28)22-14-18-6-3-4-9-21(18)26-22)20-8-5-7-19(15-20)25-16-17-10-12-24-13-11-17/h3-4,6,9-15,20,25-26H,2,5,7-8,16H2,1H3/t20-/m0/s1. The van der Waals surface area contributed by atoms with Crippen molar-refractivity contribution in [3.63, 3.8) is 0 Å². The van der Waals surface area contributed by atoms with Crippen molar-refractivity contribution in [3.05, 3.63) is 77.9 Å². The van der Waals surface area contributed by atoms with Gasteiger partial charge in [-0.1, -0.05) is 18.2 Å². The van der Waals surface area contributed by atoms with Gasteiger partial charge in [-0.15, -0.1) is 0 Å². The van der Waals surface area contributed by atoms with E-state index in [-0.39, 0.29) is 11.9 Å². The van der Waals surface area contributed by atoms with Crippen molar-refractivity contribution in [2.24, 2.45) is 0 Å². The highest BCUT2D eigenvalue weighted by Crippen LogP contribution is 2.23. The number of H-pyrrole nitrogens is 1. The van der Waals surface area contributed by atoms with E-state index >= 15 is 0 Å². The summed E-state index contributed by atoms with van der Waals surface area (Å²) in [4.78, 5) is 22.5. The van der Waals surface area contributed by atoms with Gasteiger partial charge < -0.3 is 15.2 Å². The van der Waals surface area contributed by atoms with Gasteiger partial charge in [0.25, 0.3) is 5.91 Å². The second kappa shape index (κ2) is 8.30. The number of nitrogens with one attached hydrogen (secondary N) is 2. The molecule has 0 unspecified atom stereocenters. The predicted molar refractivity (Wildman–Crippen MR) is 112 cm³/mol. The van der Waals surface area contributed by atoms with E-state index in [1.807, 2.05) is 66.7 Å². The number of pyridine rings is 1. The predicted octanol–water partition coefficient (Wildman–Crippen LogP) is 4.25. The van der Waals surface area contributed by atoms with Crippen LogP contribution in [0.4, 0.5) is 0 Å². The highest BCUT2D eigenvalue weighted by atomic mass is 16.2. The topological polar surface area (TPSA) is 61.0 Å². The van der Waals surface area contributed by atoms with E-state index in [9.17, 15) is 4.79 Å². The molecule has 0 saturated heterocycles.